The van der Waals surface area contributed by atoms with Crippen LogP contribution in [0.1, 0.15) is 17.5 Å². The Morgan fingerprint density at radius 1 is 0.853 bits per heavy atom. The topological polar surface area (TPSA) is 66.8 Å². The number of fused-ring (bicyclic) bond motifs is 2. The Balaban J connectivity index is 1.43. The van der Waals surface area contributed by atoms with Crippen LogP contribution in [0.5, 0.6) is 0 Å². The first-order valence-electron chi connectivity index (χ1n) is 11.1. The van der Waals surface area contributed by atoms with Crippen molar-refractivity contribution in [2.75, 3.05) is 28.8 Å². The number of hydrogen-bond donors (Lipinski definition) is 1. The fourth-order valence-electron chi connectivity index (χ4n) is 4.27. The summed E-state index contributed by atoms with van der Waals surface area (Å²) in [5, 5.41) is 0. The third-order valence-corrected chi connectivity index (χ3v) is 9.27. The van der Waals surface area contributed by atoms with Gasteiger partial charge in [-0.3, -0.25) is 4.55 Å². The number of anilines is 3. The number of benzene rings is 3. The van der Waals surface area contributed by atoms with Gasteiger partial charge in [-0.05, 0) is 30.7 Å². The van der Waals surface area contributed by atoms with Gasteiger partial charge in [0.1, 0.15) is 0 Å². The van der Waals surface area contributed by atoms with Gasteiger partial charge in [0.2, 0.25) is 0 Å². The zero-order valence-corrected chi connectivity index (χ0v) is 20.9. The van der Waals surface area contributed by atoms with Gasteiger partial charge >= 0.3 is 0 Å². The SMILES string of the molecule is O=S(=O)(O)CCCOC1CSC(=C2c3ccccc3N(c3ccccc3)c3ccccc32)SC1. The first-order valence-corrected chi connectivity index (χ1v) is 14.7. The van der Waals surface area contributed by atoms with Crippen molar-refractivity contribution in [3.05, 3.63) is 94.2 Å². The van der Waals surface area contributed by atoms with Crippen molar-refractivity contribution in [2.24, 2.45) is 0 Å². The minimum Gasteiger partial charge on any atom is -0.376 e. The summed E-state index contributed by atoms with van der Waals surface area (Å²) in [4.78, 5) is 2.33. The van der Waals surface area contributed by atoms with E-state index in [9.17, 15) is 8.42 Å². The van der Waals surface area contributed by atoms with E-state index in [-0.39, 0.29) is 11.9 Å². The second kappa shape index (κ2) is 10.2. The average Bonchev–Trinajstić information content (AvgIpc) is 2.85. The summed E-state index contributed by atoms with van der Waals surface area (Å²) < 4.78 is 37.8. The number of thioether (sulfide) groups is 2. The van der Waals surface area contributed by atoms with Crippen molar-refractivity contribution in [3.63, 3.8) is 0 Å². The Kier molecular flexibility index (Phi) is 7.04. The lowest BCUT2D eigenvalue weighted by Gasteiger charge is -2.36. The molecule has 5 nitrogen and oxygen atoms in total. The van der Waals surface area contributed by atoms with Crippen LogP contribution in [0.4, 0.5) is 17.1 Å². The first kappa shape index (κ1) is 23.5. The van der Waals surface area contributed by atoms with Gasteiger partial charge in [0.25, 0.3) is 10.1 Å². The van der Waals surface area contributed by atoms with Crippen LogP contribution in [0.15, 0.2) is 83.1 Å². The van der Waals surface area contributed by atoms with Gasteiger partial charge in [0.15, 0.2) is 0 Å². The standard InChI is InChI=1S/C26H25NO4S3/c28-34(29,30)16-8-15-31-20-17-32-26(33-18-20)25-21-11-4-6-13-23(21)27(19-9-2-1-3-10-19)24-14-7-5-12-22(24)25/h1-7,9-14,20H,8,15-18H2,(H,28,29,30). The summed E-state index contributed by atoms with van der Waals surface area (Å²) in [5.74, 6) is 1.36. The van der Waals surface area contributed by atoms with Crippen molar-refractivity contribution >= 4 is 56.3 Å². The monoisotopic (exact) mass is 511 g/mol. The van der Waals surface area contributed by atoms with Gasteiger partial charge in [0.05, 0.1) is 23.2 Å². The number of rotatable bonds is 6. The second-order valence-electron chi connectivity index (χ2n) is 8.12. The quantitative estimate of drug-likeness (QED) is 0.240. The maximum Gasteiger partial charge on any atom is 0.264 e. The smallest absolute Gasteiger partial charge is 0.264 e. The maximum atomic E-state index is 10.9. The number of para-hydroxylation sites is 3. The highest BCUT2D eigenvalue weighted by atomic mass is 32.2. The molecule has 0 aromatic heterocycles. The summed E-state index contributed by atoms with van der Waals surface area (Å²) in [7, 11) is -3.93. The van der Waals surface area contributed by atoms with Crippen LogP contribution in [-0.4, -0.2) is 42.9 Å². The molecule has 8 heteroatoms. The molecule has 1 saturated heterocycles. The van der Waals surface area contributed by atoms with E-state index in [4.69, 9.17) is 9.29 Å². The summed E-state index contributed by atoms with van der Waals surface area (Å²) >= 11 is 3.59. The molecule has 2 aliphatic rings. The van der Waals surface area contributed by atoms with Gasteiger partial charge in [-0.15, -0.1) is 23.5 Å². The van der Waals surface area contributed by atoms with E-state index in [1.54, 1.807) is 23.5 Å². The molecule has 5 rings (SSSR count). The molecule has 2 aliphatic heterocycles. The van der Waals surface area contributed by atoms with E-state index < -0.39 is 10.1 Å². The zero-order valence-electron chi connectivity index (χ0n) is 18.5. The summed E-state index contributed by atoms with van der Waals surface area (Å²) in [5.41, 5.74) is 7.16. The Bertz CT molecular complexity index is 1250. The maximum absolute atomic E-state index is 10.9. The van der Waals surface area contributed by atoms with Crippen LogP contribution in [0.3, 0.4) is 0 Å². The third kappa shape index (κ3) is 5.06. The highest BCUT2D eigenvalue weighted by Crippen LogP contribution is 2.53. The van der Waals surface area contributed by atoms with E-state index in [0.29, 0.717) is 13.0 Å². The molecule has 3 aromatic rings. The van der Waals surface area contributed by atoms with Crippen LogP contribution in [0.25, 0.3) is 5.57 Å². The molecule has 3 aromatic carbocycles. The van der Waals surface area contributed by atoms with Crippen molar-refractivity contribution in [1.29, 1.82) is 0 Å². The van der Waals surface area contributed by atoms with Crippen LogP contribution in [0, 0.1) is 0 Å². The average molecular weight is 512 g/mol. The van der Waals surface area contributed by atoms with Crippen molar-refractivity contribution in [3.8, 4) is 0 Å². The predicted octanol–water partition coefficient (Wildman–Crippen LogP) is 6.33. The number of nitrogens with zero attached hydrogens (tertiary/aromatic N) is 1. The van der Waals surface area contributed by atoms with Gasteiger partial charge in [-0.25, -0.2) is 0 Å². The second-order valence-corrected chi connectivity index (χ2v) is 12.0. The lowest BCUT2D eigenvalue weighted by Crippen LogP contribution is -2.24. The van der Waals surface area contributed by atoms with Gasteiger partial charge in [-0.2, -0.15) is 8.42 Å². The molecular formula is C26H25NO4S3. The molecule has 0 bridgehead atoms. The molecule has 34 heavy (non-hydrogen) atoms. The molecule has 0 spiro atoms. The molecule has 0 atom stereocenters. The fraction of sp³-hybridized carbons (Fsp3) is 0.231. The summed E-state index contributed by atoms with van der Waals surface area (Å²) in [6, 6.07) is 27.6. The van der Waals surface area contributed by atoms with Crippen LogP contribution >= 0.6 is 23.5 Å². The number of ether oxygens (including phenoxy) is 1. The molecule has 0 radical (unpaired) electrons. The summed E-state index contributed by atoms with van der Waals surface area (Å²) in [6.45, 7) is 0.329. The molecule has 0 amide bonds. The Labute approximate surface area is 209 Å². The third-order valence-electron chi connectivity index (χ3n) is 5.75. The van der Waals surface area contributed by atoms with Crippen molar-refractivity contribution in [2.45, 2.75) is 12.5 Å². The van der Waals surface area contributed by atoms with E-state index >= 15 is 0 Å². The van der Waals surface area contributed by atoms with E-state index in [1.807, 2.05) is 6.07 Å². The minimum atomic E-state index is -3.93. The Hall–Kier alpha value is -2.23. The largest absolute Gasteiger partial charge is 0.376 e. The Morgan fingerprint density at radius 2 is 1.41 bits per heavy atom. The molecule has 0 unspecified atom stereocenters. The van der Waals surface area contributed by atoms with Crippen LogP contribution < -0.4 is 4.90 Å². The van der Waals surface area contributed by atoms with E-state index in [0.717, 1.165) is 17.2 Å². The first-order chi connectivity index (χ1) is 16.5. The molecule has 0 saturated carbocycles. The fourth-order valence-corrected chi connectivity index (χ4v) is 7.47. The highest BCUT2D eigenvalue weighted by molar-refractivity contribution is 8.23. The Morgan fingerprint density at radius 3 is 2.00 bits per heavy atom. The normalized spacial score (nSPS) is 17.9. The molecule has 1 N–H and O–H groups in total. The van der Waals surface area contributed by atoms with Crippen LogP contribution in [0.2, 0.25) is 0 Å². The lowest BCUT2D eigenvalue weighted by molar-refractivity contribution is 0.0856. The van der Waals surface area contributed by atoms with E-state index in [2.05, 4.69) is 77.7 Å². The highest BCUT2D eigenvalue weighted by Gasteiger charge is 2.31. The zero-order chi connectivity index (χ0) is 23.5. The number of hydrogen-bond acceptors (Lipinski definition) is 6. The molecule has 176 valence electrons. The van der Waals surface area contributed by atoms with Crippen LogP contribution in [-0.2, 0) is 14.9 Å². The van der Waals surface area contributed by atoms with Gasteiger partial charge in [-0.1, -0.05) is 54.6 Å². The van der Waals surface area contributed by atoms with Crippen molar-refractivity contribution in [1.82, 2.24) is 0 Å². The molecule has 1 fully saturated rings. The molecule has 0 aliphatic carbocycles. The van der Waals surface area contributed by atoms with Gasteiger partial charge < -0.3 is 9.64 Å². The van der Waals surface area contributed by atoms with Gasteiger partial charge in [0, 0.05) is 44.7 Å². The molecular weight excluding hydrogens is 486 g/mol. The van der Waals surface area contributed by atoms with E-state index in [1.165, 1.54) is 32.3 Å². The molecule has 2 heterocycles. The minimum absolute atomic E-state index is 0.0515. The lowest BCUT2D eigenvalue weighted by atomic mass is 9.91. The summed E-state index contributed by atoms with van der Waals surface area (Å²) in [6.07, 6.45) is 0.352. The van der Waals surface area contributed by atoms with Crippen molar-refractivity contribution < 1.29 is 17.7 Å². The predicted molar refractivity (Wildman–Crippen MR) is 143 cm³/mol.